The summed E-state index contributed by atoms with van der Waals surface area (Å²) in [5.74, 6) is -1.35. The van der Waals surface area contributed by atoms with Crippen molar-refractivity contribution in [2.45, 2.75) is 0 Å². The van der Waals surface area contributed by atoms with E-state index < -0.39 is 11.9 Å². The molecule has 0 saturated carbocycles. The zero-order valence-corrected chi connectivity index (χ0v) is 8.47. The van der Waals surface area contributed by atoms with E-state index >= 15 is 0 Å². The molecule has 0 heterocycles. The number of rotatable bonds is 7. The molecule has 0 unspecified atom stereocenters. The summed E-state index contributed by atoms with van der Waals surface area (Å²) in [5.41, 5.74) is 0. The van der Waals surface area contributed by atoms with Gasteiger partial charge in [-0.1, -0.05) is 0 Å². The summed E-state index contributed by atoms with van der Waals surface area (Å²) < 4.78 is 13.7. The molecule has 0 aromatic heterocycles. The van der Waals surface area contributed by atoms with Gasteiger partial charge in [0.25, 0.3) is 0 Å². The fraction of sp³-hybridized carbons (Fsp3) is 0.556. The summed E-state index contributed by atoms with van der Waals surface area (Å²) in [5, 5.41) is 8.33. The van der Waals surface area contributed by atoms with E-state index in [0.29, 0.717) is 6.61 Å². The molecular formula is C9H14O6. The van der Waals surface area contributed by atoms with E-state index in [1.54, 1.807) is 0 Å². The van der Waals surface area contributed by atoms with Crippen molar-refractivity contribution in [2.75, 3.05) is 33.5 Å². The quantitative estimate of drug-likeness (QED) is 0.344. The molecule has 0 amide bonds. The Morgan fingerprint density at radius 2 is 1.60 bits per heavy atom. The lowest BCUT2D eigenvalue weighted by Crippen LogP contribution is -2.09. The van der Waals surface area contributed by atoms with Crippen molar-refractivity contribution in [1.29, 1.82) is 0 Å². The normalized spacial score (nSPS) is 10.3. The fourth-order valence-corrected chi connectivity index (χ4v) is 0.604. The topological polar surface area (TPSA) is 82.1 Å². The number of aliphatic hydroxyl groups is 1. The van der Waals surface area contributed by atoms with Gasteiger partial charge in [0.2, 0.25) is 0 Å². The molecule has 6 nitrogen and oxygen atoms in total. The van der Waals surface area contributed by atoms with Crippen molar-refractivity contribution < 1.29 is 28.9 Å². The average Bonchev–Trinajstić information content (AvgIpc) is 2.24. The molecule has 15 heavy (non-hydrogen) atoms. The van der Waals surface area contributed by atoms with Crippen LogP contribution in [0, 0.1) is 0 Å². The Labute approximate surface area is 87.4 Å². The molecule has 0 fully saturated rings. The van der Waals surface area contributed by atoms with Crippen molar-refractivity contribution in [3.8, 4) is 0 Å². The second kappa shape index (κ2) is 9.17. The molecule has 0 rings (SSSR count). The van der Waals surface area contributed by atoms with Crippen molar-refractivity contribution in [3.05, 3.63) is 12.2 Å². The Morgan fingerprint density at radius 3 is 2.07 bits per heavy atom. The Bertz CT molecular complexity index is 223. The molecular weight excluding hydrogens is 204 g/mol. The van der Waals surface area contributed by atoms with Gasteiger partial charge in [-0.15, -0.1) is 0 Å². The Morgan fingerprint density at radius 1 is 1.07 bits per heavy atom. The molecule has 0 aromatic rings. The van der Waals surface area contributed by atoms with Crippen LogP contribution in [0.5, 0.6) is 0 Å². The third-order valence-electron chi connectivity index (χ3n) is 1.22. The maximum atomic E-state index is 10.9. The fourth-order valence-electron chi connectivity index (χ4n) is 0.604. The first-order valence-electron chi connectivity index (χ1n) is 4.32. The minimum absolute atomic E-state index is 0.0953. The number of methoxy groups -OCH3 is 1. The van der Waals surface area contributed by atoms with Gasteiger partial charge < -0.3 is 19.3 Å². The number of carbonyl (C=O) groups excluding carboxylic acids is 2. The van der Waals surface area contributed by atoms with Gasteiger partial charge in [0.15, 0.2) is 0 Å². The standard InChI is InChI=1S/C9H14O6/c1-13-6-7-15-9(12)3-2-8(11)14-5-4-10/h2-3,10H,4-7H2,1H3/b3-2-. The Hall–Kier alpha value is -1.40. The van der Waals surface area contributed by atoms with Crippen LogP contribution in [0.4, 0.5) is 0 Å². The highest BCUT2D eigenvalue weighted by molar-refractivity contribution is 5.91. The number of esters is 2. The number of hydrogen-bond donors (Lipinski definition) is 1. The molecule has 0 radical (unpaired) electrons. The average molecular weight is 218 g/mol. The van der Waals surface area contributed by atoms with E-state index in [1.165, 1.54) is 7.11 Å². The third kappa shape index (κ3) is 8.92. The van der Waals surface area contributed by atoms with E-state index in [1.807, 2.05) is 0 Å². The smallest absolute Gasteiger partial charge is 0.331 e. The number of hydrogen-bond acceptors (Lipinski definition) is 6. The lowest BCUT2D eigenvalue weighted by atomic mass is 10.5. The summed E-state index contributed by atoms with van der Waals surface area (Å²) in [7, 11) is 1.48. The van der Waals surface area contributed by atoms with Crippen LogP contribution in [-0.2, 0) is 23.8 Å². The predicted octanol–water partition coefficient (Wildman–Crippen LogP) is -0.732. The Kier molecular flexibility index (Phi) is 8.31. The summed E-state index contributed by atoms with van der Waals surface area (Å²) >= 11 is 0. The van der Waals surface area contributed by atoms with Crippen LogP contribution in [0.15, 0.2) is 12.2 Å². The van der Waals surface area contributed by atoms with Crippen LogP contribution in [0.3, 0.4) is 0 Å². The van der Waals surface area contributed by atoms with E-state index in [-0.39, 0.29) is 19.8 Å². The highest BCUT2D eigenvalue weighted by Crippen LogP contribution is 1.85. The van der Waals surface area contributed by atoms with E-state index in [2.05, 4.69) is 14.2 Å². The number of carbonyl (C=O) groups is 2. The van der Waals surface area contributed by atoms with Gasteiger partial charge in [-0.05, 0) is 0 Å². The first-order valence-corrected chi connectivity index (χ1v) is 4.32. The summed E-state index contributed by atoms with van der Waals surface area (Å²) in [4.78, 5) is 21.7. The Balaban J connectivity index is 3.65. The van der Waals surface area contributed by atoms with Gasteiger partial charge in [-0.3, -0.25) is 0 Å². The molecule has 0 spiro atoms. The van der Waals surface area contributed by atoms with Crippen LogP contribution in [0.25, 0.3) is 0 Å². The van der Waals surface area contributed by atoms with Crippen LogP contribution in [-0.4, -0.2) is 50.6 Å². The van der Waals surface area contributed by atoms with Gasteiger partial charge in [-0.2, -0.15) is 0 Å². The van der Waals surface area contributed by atoms with E-state index in [9.17, 15) is 9.59 Å². The lowest BCUT2D eigenvalue weighted by Gasteiger charge is -1.99. The highest BCUT2D eigenvalue weighted by atomic mass is 16.6. The van der Waals surface area contributed by atoms with Crippen LogP contribution in [0.2, 0.25) is 0 Å². The predicted molar refractivity (Wildman–Crippen MR) is 50.0 cm³/mol. The van der Waals surface area contributed by atoms with Gasteiger partial charge in [-0.25, -0.2) is 9.59 Å². The summed E-state index contributed by atoms with van der Waals surface area (Å²) in [6.07, 6.45) is 1.89. The highest BCUT2D eigenvalue weighted by Gasteiger charge is 1.99. The van der Waals surface area contributed by atoms with Gasteiger partial charge >= 0.3 is 11.9 Å². The van der Waals surface area contributed by atoms with Crippen LogP contribution >= 0.6 is 0 Å². The second-order valence-corrected chi connectivity index (χ2v) is 2.38. The largest absolute Gasteiger partial charge is 0.460 e. The number of aliphatic hydroxyl groups excluding tert-OH is 1. The molecule has 0 bridgehead atoms. The van der Waals surface area contributed by atoms with E-state index in [4.69, 9.17) is 5.11 Å². The van der Waals surface area contributed by atoms with E-state index in [0.717, 1.165) is 12.2 Å². The van der Waals surface area contributed by atoms with Gasteiger partial charge in [0.1, 0.15) is 13.2 Å². The molecule has 0 aliphatic rings. The van der Waals surface area contributed by atoms with Crippen molar-refractivity contribution >= 4 is 11.9 Å². The third-order valence-corrected chi connectivity index (χ3v) is 1.22. The lowest BCUT2D eigenvalue weighted by molar-refractivity contribution is -0.141. The first-order chi connectivity index (χ1) is 7.20. The van der Waals surface area contributed by atoms with Crippen LogP contribution in [0.1, 0.15) is 0 Å². The molecule has 86 valence electrons. The van der Waals surface area contributed by atoms with Crippen molar-refractivity contribution in [2.24, 2.45) is 0 Å². The van der Waals surface area contributed by atoms with Crippen LogP contribution < -0.4 is 0 Å². The second-order valence-electron chi connectivity index (χ2n) is 2.38. The monoisotopic (exact) mass is 218 g/mol. The minimum Gasteiger partial charge on any atom is -0.460 e. The molecule has 0 aliphatic heterocycles. The molecule has 0 aromatic carbocycles. The molecule has 0 aliphatic carbocycles. The SMILES string of the molecule is COCCOC(=O)/C=C\C(=O)OCCO. The first kappa shape index (κ1) is 13.6. The van der Waals surface area contributed by atoms with Gasteiger partial charge in [0, 0.05) is 19.3 Å². The molecule has 0 atom stereocenters. The van der Waals surface area contributed by atoms with Crippen molar-refractivity contribution in [3.63, 3.8) is 0 Å². The molecule has 0 saturated heterocycles. The van der Waals surface area contributed by atoms with Gasteiger partial charge in [0.05, 0.1) is 13.2 Å². The maximum absolute atomic E-state index is 10.9. The summed E-state index contributed by atoms with van der Waals surface area (Å²) in [6.45, 7) is 0.0830. The van der Waals surface area contributed by atoms with Crippen molar-refractivity contribution in [1.82, 2.24) is 0 Å². The summed E-state index contributed by atoms with van der Waals surface area (Å²) in [6, 6.07) is 0. The maximum Gasteiger partial charge on any atom is 0.331 e. The zero-order valence-electron chi connectivity index (χ0n) is 8.47. The molecule has 1 N–H and O–H groups in total. The zero-order chi connectivity index (χ0) is 11.5. The minimum atomic E-state index is -0.701. The number of ether oxygens (including phenoxy) is 3. The molecule has 6 heteroatoms.